The van der Waals surface area contributed by atoms with E-state index in [1.54, 1.807) is 18.2 Å². The number of hydrogen-bond donors (Lipinski definition) is 2. The second-order valence-electron chi connectivity index (χ2n) is 3.84. The minimum absolute atomic E-state index is 0. The third kappa shape index (κ3) is 7.64. The van der Waals surface area contributed by atoms with Gasteiger partial charge in [0.1, 0.15) is 0 Å². The largest absolute Gasteiger partial charge is 0.490 e. The molecule has 2 N–H and O–H groups in total. The minimum Gasteiger partial charge on any atom is -0.490 e. The summed E-state index contributed by atoms with van der Waals surface area (Å²) in [5.41, 5.74) is 0. The van der Waals surface area contributed by atoms with Crippen molar-refractivity contribution in [2.45, 2.75) is 12.8 Å². The normalized spacial score (nSPS) is 9.58. The zero-order valence-corrected chi connectivity index (χ0v) is 11.8. The van der Waals surface area contributed by atoms with Crippen LogP contribution in [0.3, 0.4) is 0 Å². The average molecular weight is 291 g/mol. The molecule has 1 aromatic carbocycles. The highest BCUT2D eigenvalue weighted by Gasteiger charge is 2.04. The predicted molar refractivity (Wildman–Crippen MR) is 75.3 cm³/mol. The second-order valence-corrected chi connectivity index (χ2v) is 3.84. The van der Waals surface area contributed by atoms with Crippen molar-refractivity contribution in [2.24, 2.45) is 0 Å². The maximum Gasteiger partial charge on any atom is 0.223 e. The molecule has 0 heterocycles. The Morgan fingerprint density at radius 3 is 2.74 bits per heavy atom. The number of hydrogen-bond acceptors (Lipinski definition) is 3. The third-order valence-electron chi connectivity index (χ3n) is 2.35. The Kier molecular flexibility index (Phi) is 9.84. The van der Waals surface area contributed by atoms with E-state index in [0.717, 1.165) is 13.0 Å². The summed E-state index contributed by atoms with van der Waals surface area (Å²) in [4.78, 5) is 11.4. The first kappa shape index (κ1) is 17.7. The van der Waals surface area contributed by atoms with E-state index in [9.17, 15) is 9.18 Å². The van der Waals surface area contributed by atoms with Crippen LogP contribution in [0.4, 0.5) is 4.39 Å². The smallest absolute Gasteiger partial charge is 0.223 e. The Labute approximate surface area is 119 Å². The third-order valence-corrected chi connectivity index (χ3v) is 2.35. The summed E-state index contributed by atoms with van der Waals surface area (Å²) >= 11 is 0. The van der Waals surface area contributed by atoms with Crippen LogP contribution in [0, 0.1) is 5.82 Å². The van der Waals surface area contributed by atoms with Gasteiger partial charge in [-0.3, -0.25) is 4.79 Å². The number of halogens is 2. The van der Waals surface area contributed by atoms with Gasteiger partial charge in [-0.1, -0.05) is 12.1 Å². The number of rotatable bonds is 8. The SMILES string of the molecule is CNCCCNC(=O)CCOc1ccccc1F.Cl. The molecule has 6 heteroatoms. The topological polar surface area (TPSA) is 50.4 Å². The monoisotopic (exact) mass is 290 g/mol. The van der Waals surface area contributed by atoms with Crippen LogP contribution in [0.5, 0.6) is 5.75 Å². The van der Waals surface area contributed by atoms with Crippen LogP contribution in [-0.2, 0) is 4.79 Å². The number of amides is 1. The molecule has 0 aliphatic heterocycles. The molecule has 0 aliphatic carbocycles. The molecule has 1 aromatic rings. The van der Waals surface area contributed by atoms with E-state index in [-0.39, 0.29) is 37.1 Å². The van der Waals surface area contributed by atoms with Crippen molar-refractivity contribution in [1.82, 2.24) is 10.6 Å². The molecular formula is C13H20ClFN2O2. The number of nitrogens with one attached hydrogen (secondary N) is 2. The maximum atomic E-state index is 13.2. The molecule has 1 rings (SSSR count). The van der Waals surface area contributed by atoms with Crippen LogP contribution in [0.2, 0.25) is 0 Å². The van der Waals surface area contributed by atoms with Crippen molar-refractivity contribution < 1.29 is 13.9 Å². The van der Waals surface area contributed by atoms with Gasteiger partial charge in [-0.25, -0.2) is 4.39 Å². The summed E-state index contributed by atoms with van der Waals surface area (Å²) in [7, 11) is 1.87. The lowest BCUT2D eigenvalue weighted by Crippen LogP contribution is -2.27. The number of para-hydroxylation sites is 1. The summed E-state index contributed by atoms with van der Waals surface area (Å²) in [5.74, 6) is -0.310. The van der Waals surface area contributed by atoms with Gasteiger partial charge in [0.05, 0.1) is 13.0 Å². The van der Waals surface area contributed by atoms with E-state index in [1.807, 2.05) is 7.05 Å². The fraction of sp³-hybridized carbons (Fsp3) is 0.462. The van der Waals surface area contributed by atoms with Gasteiger partial charge in [0.15, 0.2) is 11.6 Å². The fourth-order valence-electron chi connectivity index (χ4n) is 1.40. The predicted octanol–water partition coefficient (Wildman–Crippen LogP) is 1.74. The summed E-state index contributed by atoms with van der Waals surface area (Å²) in [6.45, 7) is 1.68. The van der Waals surface area contributed by atoms with Gasteiger partial charge in [0, 0.05) is 6.54 Å². The molecule has 108 valence electrons. The van der Waals surface area contributed by atoms with E-state index in [2.05, 4.69) is 10.6 Å². The van der Waals surface area contributed by atoms with Gasteiger partial charge in [-0.15, -0.1) is 12.4 Å². The molecule has 0 unspecified atom stereocenters. The van der Waals surface area contributed by atoms with Crippen molar-refractivity contribution in [1.29, 1.82) is 0 Å². The van der Waals surface area contributed by atoms with Gasteiger partial charge in [0.2, 0.25) is 5.91 Å². The van der Waals surface area contributed by atoms with Crippen molar-refractivity contribution >= 4 is 18.3 Å². The van der Waals surface area contributed by atoms with Gasteiger partial charge in [-0.05, 0) is 32.1 Å². The summed E-state index contributed by atoms with van der Waals surface area (Å²) in [5, 5.41) is 5.76. The van der Waals surface area contributed by atoms with Gasteiger partial charge < -0.3 is 15.4 Å². The number of carbonyl (C=O) groups is 1. The van der Waals surface area contributed by atoms with Crippen molar-refractivity contribution in [2.75, 3.05) is 26.7 Å². The van der Waals surface area contributed by atoms with Crippen LogP contribution in [0.25, 0.3) is 0 Å². The highest BCUT2D eigenvalue weighted by Crippen LogP contribution is 2.15. The van der Waals surface area contributed by atoms with E-state index in [0.29, 0.717) is 6.54 Å². The van der Waals surface area contributed by atoms with Crippen LogP contribution < -0.4 is 15.4 Å². The molecule has 0 spiro atoms. The van der Waals surface area contributed by atoms with Crippen LogP contribution in [0.1, 0.15) is 12.8 Å². The lowest BCUT2D eigenvalue weighted by atomic mass is 10.3. The first-order valence-electron chi connectivity index (χ1n) is 6.02. The molecule has 0 saturated heterocycles. The van der Waals surface area contributed by atoms with Gasteiger partial charge >= 0.3 is 0 Å². The Morgan fingerprint density at radius 2 is 2.05 bits per heavy atom. The Balaban J connectivity index is 0.00000324. The lowest BCUT2D eigenvalue weighted by molar-refractivity contribution is -0.121. The number of ether oxygens (including phenoxy) is 1. The summed E-state index contributed by atoms with van der Waals surface area (Å²) in [6, 6.07) is 6.15. The standard InChI is InChI=1S/C13H19FN2O2.ClH/c1-15-8-4-9-16-13(17)7-10-18-12-6-3-2-5-11(12)14;/h2-3,5-6,15H,4,7-10H2,1H3,(H,16,17);1H. The Morgan fingerprint density at radius 1 is 1.32 bits per heavy atom. The van der Waals surface area contributed by atoms with E-state index in [4.69, 9.17) is 4.74 Å². The Bertz CT molecular complexity index is 377. The molecule has 1 amide bonds. The summed E-state index contributed by atoms with van der Waals surface area (Å²) < 4.78 is 18.4. The molecule has 0 saturated carbocycles. The molecule has 19 heavy (non-hydrogen) atoms. The molecule has 4 nitrogen and oxygen atoms in total. The highest BCUT2D eigenvalue weighted by molar-refractivity contribution is 5.85. The molecular weight excluding hydrogens is 271 g/mol. The highest BCUT2D eigenvalue weighted by atomic mass is 35.5. The van der Waals surface area contributed by atoms with Crippen molar-refractivity contribution in [3.8, 4) is 5.75 Å². The summed E-state index contributed by atoms with van der Waals surface area (Å²) in [6.07, 6.45) is 1.12. The quantitative estimate of drug-likeness (QED) is 0.717. The van der Waals surface area contributed by atoms with Crippen molar-refractivity contribution in [3.63, 3.8) is 0 Å². The maximum absolute atomic E-state index is 13.2. The van der Waals surface area contributed by atoms with E-state index >= 15 is 0 Å². The first-order valence-corrected chi connectivity index (χ1v) is 6.02. The second kappa shape index (κ2) is 10.6. The van der Waals surface area contributed by atoms with Gasteiger partial charge in [-0.2, -0.15) is 0 Å². The molecule has 0 radical (unpaired) electrons. The van der Waals surface area contributed by atoms with Crippen molar-refractivity contribution in [3.05, 3.63) is 30.1 Å². The molecule has 0 bridgehead atoms. The molecule has 0 atom stereocenters. The van der Waals surface area contributed by atoms with Crippen LogP contribution in [-0.4, -0.2) is 32.7 Å². The minimum atomic E-state index is -0.410. The molecule has 0 aromatic heterocycles. The van der Waals surface area contributed by atoms with E-state index < -0.39 is 5.82 Å². The zero-order chi connectivity index (χ0) is 13.2. The number of benzene rings is 1. The molecule has 0 aliphatic rings. The van der Waals surface area contributed by atoms with E-state index in [1.165, 1.54) is 6.07 Å². The molecule has 0 fully saturated rings. The van der Waals surface area contributed by atoms with Crippen LogP contribution >= 0.6 is 12.4 Å². The average Bonchev–Trinajstić information content (AvgIpc) is 2.37. The van der Waals surface area contributed by atoms with Crippen LogP contribution in [0.15, 0.2) is 24.3 Å². The lowest BCUT2D eigenvalue weighted by Gasteiger charge is -2.07. The Hall–Kier alpha value is -1.33. The van der Waals surface area contributed by atoms with Gasteiger partial charge in [0.25, 0.3) is 0 Å². The zero-order valence-electron chi connectivity index (χ0n) is 10.9. The fourth-order valence-corrected chi connectivity index (χ4v) is 1.40. The number of carbonyl (C=O) groups excluding carboxylic acids is 1. The first-order chi connectivity index (χ1) is 8.74.